The largest absolute Gasteiger partial charge is 0.488 e. The number of ether oxygens (including phenoxy) is 2. The molecule has 0 saturated heterocycles. The Bertz CT molecular complexity index is 1150. The van der Waals surface area contributed by atoms with E-state index in [1.165, 1.54) is 23.9 Å². The number of hydrogen-bond donors (Lipinski definition) is 0. The highest BCUT2D eigenvalue weighted by Gasteiger charge is 2.39. The van der Waals surface area contributed by atoms with Crippen molar-refractivity contribution >= 4 is 46.1 Å². The third-order valence-corrected chi connectivity index (χ3v) is 6.38. The summed E-state index contributed by atoms with van der Waals surface area (Å²) in [5.74, 6) is -0.479. The first-order valence-electron chi connectivity index (χ1n) is 9.84. The number of halogens is 3. The average Bonchev–Trinajstić information content (AvgIpc) is 3.21. The number of hydrogen-bond acceptors (Lipinski definition) is 6. The predicted octanol–water partition coefficient (Wildman–Crippen LogP) is 6.48. The van der Waals surface area contributed by atoms with Crippen molar-refractivity contribution in [2.45, 2.75) is 26.5 Å². The molecule has 0 spiro atoms. The quantitative estimate of drug-likeness (QED) is 0.432. The average molecular weight is 493 g/mol. The fraction of sp³-hybridized carbons (Fsp3) is 0.217. The van der Waals surface area contributed by atoms with Crippen molar-refractivity contribution in [3.05, 3.63) is 86.3 Å². The molecule has 0 saturated carbocycles. The summed E-state index contributed by atoms with van der Waals surface area (Å²) in [6.07, 6.45) is 1.85. The summed E-state index contributed by atoms with van der Waals surface area (Å²) in [7, 11) is 0. The lowest BCUT2D eigenvalue weighted by Gasteiger charge is -2.34. The van der Waals surface area contributed by atoms with Gasteiger partial charge in [-0.1, -0.05) is 41.0 Å². The van der Waals surface area contributed by atoms with Crippen molar-refractivity contribution in [1.82, 2.24) is 4.90 Å². The molecule has 9 heteroatoms. The van der Waals surface area contributed by atoms with E-state index in [4.69, 9.17) is 32.7 Å². The number of fused-ring (bicyclic) bond motifs is 1. The van der Waals surface area contributed by atoms with E-state index in [0.29, 0.717) is 27.6 Å². The summed E-state index contributed by atoms with van der Waals surface area (Å²) in [6, 6.07) is 9.00. The number of carbonyl (C=O) groups is 1. The molecule has 0 fully saturated rings. The van der Waals surface area contributed by atoms with Crippen LogP contribution >= 0.6 is 35.0 Å². The molecule has 0 aromatic heterocycles. The summed E-state index contributed by atoms with van der Waals surface area (Å²) in [5, 5.41) is 3.35. The topological polar surface area (TPSA) is 51.1 Å². The van der Waals surface area contributed by atoms with Crippen LogP contribution in [0.5, 0.6) is 5.75 Å². The van der Waals surface area contributed by atoms with Gasteiger partial charge in [-0.25, -0.2) is 14.2 Å². The van der Waals surface area contributed by atoms with Gasteiger partial charge in [0.25, 0.3) is 0 Å². The van der Waals surface area contributed by atoms with Crippen LogP contribution in [0.2, 0.25) is 10.0 Å². The van der Waals surface area contributed by atoms with Gasteiger partial charge >= 0.3 is 5.97 Å². The lowest BCUT2D eigenvalue weighted by Crippen LogP contribution is -2.34. The number of thioether (sulfide) groups is 1. The highest BCUT2D eigenvalue weighted by molar-refractivity contribution is 8.16. The zero-order valence-corrected chi connectivity index (χ0v) is 19.6. The molecule has 2 heterocycles. The minimum absolute atomic E-state index is 0.0875. The number of carbonyl (C=O) groups excluding carboxylic acids is 1. The number of amidine groups is 1. The molecule has 0 unspecified atom stereocenters. The Kier molecular flexibility index (Phi) is 6.79. The van der Waals surface area contributed by atoms with Crippen LogP contribution in [0, 0.1) is 5.82 Å². The molecule has 166 valence electrons. The summed E-state index contributed by atoms with van der Waals surface area (Å²) >= 11 is 13.9. The SMILES string of the molecule is CCOC(=O)C1=C(C)N=C2SC=CN2[C@@H]1c1cc(Cl)ccc1OCc1c(F)cccc1Cl. The number of nitrogens with zero attached hydrogens (tertiary/aromatic N) is 2. The van der Waals surface area contributed by atoms with Crippen molar-refractivity contribution in [3.8, 4) is 5.75 Å². The van der Waals surface area contributed by atoms with Gasteiger partial charge in [0.1, 0.15) is 18.2 Å². The van der Waals surface area contributed by atoms with Crippen molar-refractivity contribution in [2.24, 2.45) is 4.99 Å². The van der Waals surface area contributed by atoms with Crippen LogP contribution in [0.4, 0.5) is 4.39 Å². The molecule has 0 amide bonds. The van der Waals surface area contributed by atoms with Gasteiger partial charge in [0.05, 0.1) is 28.9 Å². The summed E-state index contributed by atoms with van der Waals surface area (Å²) < 4.78 is 25.6. The van der Waals surface area contributed by atoms with Crippen LogP contribution in [-0.2, 0) is 16.1 Å². The van der Waals surface area contributed by atoms with E-state index >= 15 is 0 Å². The second-order valence-corrected chi connectivity index (χ2v) is 8.71. The van der Waals surface area contributed by atoms with Crippen LogP contribution in [0.25, 0.3) is 0 Å². The van der Waals surface area contributed by atoms with Gasteiger partial charge < -0.3 is 14.4 Å². The Labute approximate surface area is 199 Å². The Morgan fingerprint density at radius 2 is 2.09 bits per heavy atom. The molecule has 2 aliphatic heterocycles. The molecule has 1 atom stereocenters. The monoisotopic (exact) mass is 492 g/mol. The highest BCUT2D eigenvalue weighted by atomic mass is 35.5. The molecule has 0 radical (unpaired) electrons. The first-order valence-corrected chi connectivity index (χ1v) is 11.5. The van der Waals surface area contributed by atoms with Gasteiger partial charge in [0, 0.05) is 22.3 Å². The van der Waals surface area contributed by atoms with Crippen LogP contribution in [0.3, 0.4) is 0 Å². The molecular weight excluding hydrogens is 474 g/mol. The molecule has 4 rings (SSSR count). The van der Waals surface area contributed by atoms with Gasteiger partial charge in [-0.2, -0.15) is 0 Å². The van der Waals surface area contributed by atoms with Crippen LogP contribution in [0.15, 0.2) is 64.3 Å². The first kappa shape index (κ1) is 22.7. The van der Waals surface area contributed by atoms with Gasteiger partial charge in [-0.3, -0.25) is 0 Å². The van der Waals surface area contributed by atoms with E-state index in [2.05, 4.69) is 4.99 Å². The standard InChI is InChI=1S/C23H19Cl2FN2O3S/c1-3-30-22(29)20-13(2)27-23-28(9-10-32-23)21(20)15-11-14(24)7-8-19(15)31-12-16-17(25)5-4-6-18(16)26/h4-11,21H,3,12H2,1-2H3/t21-/m1/s1. The van der Waals surface area contributed by atoms with E-state index < -0.39 is 17.8 Å². The second kappa shape index (κ2) is 9.57. The van der Waals surface area contributed by atoms with Gasteiger partial charge in [-0.05, 0) is 49.6 Å². The summed E-state index contributed by atoms with van der Waals surface area (Å²) in [6.45, 7) is 3.66. The number of benzene rings is 2. The Hall–Kier alpha value is -2.48. The predicted molar refractivity (Wildman–Crippen MR) is 125 cm³/mol. The maximum absolute atomic E-state index is 14.3. The lowest BCUT2D eigenvalue weighted by atomic mass is 9.94. The normalized spacial score (nSPS) is 17.3. The van der Waals surface area contributed by atoms with Crippen molar-refractivity contribution in [1.29, 1.82) is 0 Å². The van der Waals surface area contributed by atoms with Gasteiger partial charge in [0.2, 0.25) is 0 Å². The number of rotatable bonds is 6. The van der Waals surface area contributed by atoms with E-state index in [9.17, 15) is 9.18 Å². The lowest BCUT2D eigenvalue weighted by molar-refractivity contribution is -0.139. The zero-order chi connectivity index (χ0) is 22.8. The molecule has 5 nitrogen and oxygen atoms in total. The molecule has 2 aromatic carbocycles. The molecule has 2 aliphatic rings. The molecule has 0 aliphatic carbocycles. The van der Waals surface area contributed by atoms with Crippen LogP contribution in [0.1, 0.15) is 31.0 Å². The smallest absolute Gasteiger partial charge is 0.338 e. The number of allylic oxidation sites excluding steroid dienone is 1. The van der Waals surface area contributed by atoms with E-state index in [0.717, 1.165) is 5.17 Å². The highest BCUT2D eigenvalue weighted by Crippen LogP contribution is 2.44. The summed E-state index contributed by atoms with van der Waals surface area (Å²) in [4.78, 5) is 19.3. The van der Waals surface area contributed by atoms with E-state index in [1.807, 2.05) is 16.5 Å². The van der Waals surface area contributed by atoms with E-state index in [-0.39, 0.29) is 23.8 Å². The Morgan fingerprint density at radius 3 is 2.84 bits per heavy atom. The van der Waals surface area contributed by atoms with Gasteiger partial charge in [-0.15, -0.1) is 0 Å². The maximum atomic E-state index is 14.3. The Balaban J connectivity index is 1.77. The van der Waals surface area contributed by atoms with Crippen molar-refractivity contribution in [3.63, 3.8) is 0 Å². The van der Waals surface area contributed by atoms with Crippen molar-refractivity contribution in [2.75, 3.05) is 6.61 Å². The molecule has 0 N–H and O–H groups in total. The molecular formula is C23H19Cl2FN2O3S. The molecule has 0 bridgehead atoms. The van der Waals surface area contributed by atoms with Crippen molar-refractivity contribution < 1.29 is 18.7 Å². The molecule has 2 aromatic rings. The third-order valence-electron chi connectivity index (χ3n) is 5.02. The fourth-order valence-corrected chi connectivity index (χ4v) is 4.75. The van der Waals surface area contributed by atoms with Crippen LogP contribution in [-0.4, -0.2) is 22.6 Å². The minimum Gasteiger partial charge on any atom is -0.488 e. The second-order valence-electron chi connectivity index (χ2n) is 7.00. The van der Waals surface area contributed by atoms with E-state index in [1.54, 1.807) is 38.1 Å². The fourth-order valence-electron chi connectivity index (χ4n) is 3.56. The number of aliphatic imine (C=N–C) groups is 1. The molecule has 32 heavy (non-hydrogen) atoms. The van der Waals surface area contributed by atoms with Gasteiger partial charge in [0.15, 0.2) is 5.17 Å². The maximum Gasteiger partial charge on any atom is 0.338 e. The zero-order valence-electron chi connectivity index (χ0n) is 17.3. The number of esters is 1. The third kappa shape index (κ3) is 4.37. The van der Waals surface area contributed by atoms with Crippen LogP contribution < -0.4 is 4.74 Å². The minimum atomic E-state index is -0.572. The Morgan fingerprint density at radius 1 is 1.28 bits per heavy atom. The summed E-state index contributed by atoms with van der Waals surface area (Å²) in [5.41, 5.74) is 1.82. The first-order chi connectivity index (χ1) is 15.4.